The summed E-state index contributed by atoms with van der Waals surface area (Å²) in [5, 5.41) is 9.67. The van der Waals surface area contributed by atoms with E-state index in [0.717, 1.165) is 11.1 Å². The summed E-state index contributed by atoms with van der Waals surface area (Å²) in [6.07, 6.45) is 2.29. The number of benzene rings is 2. The monoisotopic (exact) mass is 412 g/mol. The van der Waals surface area contributed by atoms with Gasteiger partial charge < -0.3 is 5.32 Å². The van der Waals surface area contributed by atoms with E-state index in [0.29, 0.717) is 24.5 Å². The van der Waals surface area contributed by atoms with Crippen LogP contribution in [0.25, 0.3) is 11.1 Å². The summed E-state index contributed by atoms with van der Waals surface area (Å²) < 4.78 is 26.7. The number of carbonyl (C=O) groups is 1. The van der Waals surface area contributed by atoms with Gasteiger partial charge in [0.1, 0.15) is 0 Å². The molecule has 8 heteroatoms. The fourth-order valence-electron chi connectivity index (χ4n) is 2.95. The molecule has 3 rings (SSSR count). The van der Waals surface area contributed by atoms with Crippen molar-refractivity contribution in [1.82, 2.24) is 9.78 Å². The highest BCUT2D eigenvalue weighted by atomic mass is 32.2. The largest absolute Gasteiger partial charge is 0.324 e. The zero-order valence-electron chi connectivity index (χ0n) is 16.4. The molecule has 7 nitrogen and oxygen atoms in total. The highest BCUT2D eigenvalue weighted by molar-refractivity contribution is 7.91. The average molecular weight is 413 g/mol. The molecule has 2 N–H and O–H groups in total. The van der Waals surface area contributed by atoms with Crippen LogP contribution in [0.3, 0.4) is 0 Å². The van der Waals surface area contributed by atoms with E-state index in [4.69, 9.17) is 0 Å². The summed E-state index contributed by atoms with van der Waals surface area (Å²) >= 11 is 0. The van der Waals surface area contributed by atoms with Gasteiger partial charge in [-0.3, -0.25) is 10.00 Å². The molecule has 2 aromatic carbocycles. The Morgan fingerprint density at radius 1 is 1.03 bits per heavy atom. The molecule has 0 spiro atoms. The molecule has 1 heterocycles. The summed E-state index contributed by atoms with van der Waals surface area (Å²) in [4.78, 5) is 12.7. The number of rotatable bonds is 7. The molecule has 152 valence electrons. The van der Waals surface area contributed by atoms with Crippen LogP contribution < -0.4 is 10.6 Å². The lowest BCUT2D eigenvalue weighted by atomic mass is 10.0. The number of carbonyl (C=O) groups excluding carboxylic acids is 1. The van der Waals surface area contributed by atoms with E-state index in [-0.39, 0.29) is 10.6 Å². The Bertz CT molecular complexity index is 1090. The molecule has 0 saturated carbocycles. The zero-order valence-corrected chi connectivity index (χ0v) is 17.2. The lowest BCUT2D eigenvalue weighted by Gasteiger charge is -2.14. The minimum Gasteiger partial charge on any atom is -0.307 e. The normalized spacial score (nSPS) is 11.2. The quantitative estimate of drug-likeness (QED) is 0.602. The van der Waals surface area contributed by atoms with Crippen molar-refractivity contribution in [2.45, 2.75) is 31.7 Å². The Morgan fingerprint density at radius 3 is 2.45 bits per heavy atom. The zero-order chi connectivity index (χ0) is 20.9. The maximum absolute atomic E-state index is 12.5. The standard InChI is InChI=1S/C21H24N4O3S/c1-3-14-29(27,28)17-10-11-18(16-8-6-5-7-9-16)19(15-17)22-21(26)23-20-12-13-25(4-2)24-20/h5-13,15H,3-4,14H2,1-2H3,(H2,22,23,24,26). The van der Waals surface area contributed by atoms with E-state index >= 15 is 0 Å². The molecule has 0 bridgehead atoms. The molecule has 0 saturated heterocycles. The minimum atomic E-state index is -3.41. The van der Waals surface area contributed by atoms with Gasteiger partial charge in [0.05, 0.1) is 16.3 Å². The fraction of sp³-hybridized carbons (Fsp3) is 0.238. The molecule has 0 atom stereocenters. The Kier molecular flexibility index (Phi) is 6.33. The van der Waals surface area contributed by atoms with Crippen molar-refractivity contribution in [3.05, 3.63) is 60.8 Å². The third-order valence-corrected chi connectivity index (χ3v) is 6.28. The summed E-state index contributed by atoms with van der Waals surface area (Å²) in [5.74, 6) is 0.470. The van der Waals surface area contributed by atoms with Crippen molar-refractivity contribution in [1.29, 1.82) is 0 Å². The predicted molar refractivity (Wildman–Crippen MR) is 115 cm³/mol. The van der Waals surface area contributed by atoms with Gasteiger partial charge in [0.15, 0.2) is 15.7 Å². The second-order valence-electron chi connectivity index (χ2n) is 6.53. The van der Waals surface area contributed by atoms with Crippen molar-refractivity contribution in [3.8, 4) is 11.1 Å². The summed E-state index contributed by atoms with van der Waals surface area (Å²) in [7, 11) is -3.41. The van der Waals surface area contributed by atoms with Crippen LogP contribution in [0, 0.1) is 0 Å². The van der Waals surface area contributed by atoms with Crippen LogP contribution in [0.1, 0.15) is 20.3 Å². The van der Waals surface area contributed by atoms with Crippen LogP contribution in [0.2, 0.25) is 0 Å². The molecule has 0 aliphatic heterocycles. The number of hydrogen-bond donors (Lipinski definition) is 2. The predicted octanol–water partition coefficient (Wildman–Crippen LogP) is 4.40. The van der Waals surface area contributed by atoms with Crippen LogP contribution in [0.5, 0.6) is 0 Å². The summed E-state index contributed by atoms with van der Waals surface area (Å²) in [5.41, 5.74) is 2.02. The van der Waals surface area contributed by atoms with Crippen LogP contribution >= 0.6 is 0 Å². The molecule has 3 aromatic rings. The van der Waals surface area contributed by atoms with Gasteiger partial charge >= 0.3 is 6.03 Å². The van der Waals surface area contributed by atoms with E-state index in [1.807, 2.05) is 44.2 Å². The lowest BCUT2D eigenvalue weighted by molar-refractivity contribution is 0.262. The van der Waals surface area contributed by atoms with Gasteiger partial charge in [-0.1, -0.05) is 43.3 Å². The Labute approximate surface area is 170 Å². The highest BCUT2D eigenvalue weighted by Crippen LogP contribution is 2.31. The SMILES string of the molecule is CCCS(=O)(=O)c1ccc(-c2ccccc2)c(NC(=O)Nc2ccn(CC)n2)c1. The van der Waals surface area contributed by atoms with Crippen LogP contribution in [-0.2, 0) is 16.4 Å². The summed E-state index contributed by atoms with van der Waals surface area (Å²) in [6.45, 7) is 4.46. The maximum Gasteiger partial charge on any atom is 0.324 e. The number of nitrogens with one attached hydrogen (secondary N) is 2. The molecule has 0 radical (unpaired) electrons. The van der Waals surface area contributed by atoms with Gasteiger partial charge in [0, 0.05) is 24.4 Å². The highest BCUT2D eigenvalue weighted by Gasteiger charge is 2.17. The third-order valence-electron chi connectivity index (χ3n) is 4.36. The van der Waals surface area contributed by atoms with Gasteiger partial charge in [-0.05, 0) is 31.0 Å². The molecular formula is C21H24N4O3S. The fourth-order valence-corrected chi connectivity index (χ4v) is 4.30. The molecule has 0 aliphatic carbocycles. The minimum absolute atomic E-state index is 0.0533. The van der Waals surface area contributed by atoms with E-state index in [1.54, 1.807) is 29.1 Å². The number of amides is 2. The first-order valence-corrected chi connectivity index (χ1v) is 11.1. The van der Waals surface area contributed by atoms with E-state index in [1.165, 1.54) is 6.07 Å². The van der Waals surface area contributed by atoms with Gasteiger partial charge in [-0.15, -0.1) is 0 Å². The van der Waals surface area contributed by atoms with Crippen molar-refractivity contribution in [3.63, 3.8) is 0 Å². The van der Waals surface area contributed by atoms with Gasteiger partial charge in [-0.2, -0.15) is 5.10 Å². The van der Waals surface area contributed by atoms with Crippen molar-refractivity contribution >= 4 is 27.4 Å². The van der Waals surface area contributed by atoms with Crippen LogP contribution in [-0.4, -0.2) is 30.0 Å². The van der Waals surface area contributed by atoms with Gasteiger partial charge in [0.25, 0.3) is 0 Å². The van der Waals surface area contributed by atoms with Crippen molar-refractivity contribution < 1.29 is 13.2 Å². The topological polar surface area (TPSA) is 93.1 Å². The Morgan fingerprint density at radius 2 is 1.79 bits per heavy atom. The first-order chi connectivity index (χ1) is 13.9. The third kappa shape index (κ3) is 5.03. The number of aryl methyl sites for hydroxylation is 1. The van der Waals surface area contributed by atoms with Crippen molar-refractivity contribution in [2.24, 2.45) is 0 Å². The summed E-state index contributed by atoms with van der Waals surface area (Å²) in [6, 6.07) is 15.5. The second kappa shape index (κ2) is 8.91. The number of nitrogens with zero attached hydrogens (tertiary/aromatic N) is 2. The molecule has 0 fully saturated rings. The molecule has 2 amide bonds. The first-order valence-electron chi connectivity index (χ1n) is 9.46. The van der Waals surface area contributed by atoms with Gasteiger partial charge in [-0.25, -0.2) is 13.2 Å². The van der Waals surface area contributed by atoms with E-state index in [2.05, 4.69) is 15.7 Å². The number of hydrogen-bond acceptors (Lipinski definition) is 4. The first kappa shape index (κ1) is 20.6. The van der Waals surface area contributed by atoms with Crippen molar-refractivity contribution in [2.75, 3.05) is 16.4 Å². The Hall–Kier alpha value is -3.13. The molecule has 0 aliphatic rings. The van der Waals surface area contributed by atoms with E-state index in [9.17, 15) is 13.2 Å². The Balaban J connectivity index is 1.93. The average Bonchev–Trinajstić information content (AvgIpc) is 3.16. The molecule has 0 unspecified atom stereocenters. The maximum atomic E-state index is 12.5. The van der Waals surface area contributed by atoms with Gasteiger partial charge in [0.2, 0.25) is 0 Å². The number of sulfone groups is 1. The number of anilines is 2. The smallest absolute Gasteiger partial charge is 0.307 e. The second-order valence-corrected chi connectivity index (χ2v) is 8.64. The van der Waals surface area contributed by atoms with E-state index < -0.39 is 15.9 Å². The van der Waals surface area contributed by atoms with Crippen LogP contribution in [0.4, 0.5) is 16.3 Å². The van der Waals surface area contributed by atoms with Crippen LogP contribution in [0.15, 0.2) is 65.7 Å². The number of aromatic nitrogens is 2. The molecular weight excluding hydrogens is 388 g/mol. The lowest BCUT2D eigenvalue weighted by Crippen LogP contribution is -2.20. The number of urea groups is 1. The molecule has 1 aromatic heterocycles. The molecule has 29 heavy (non-hydrogen) atoms.